The molecule has 1 aromatic heterocycles. The highest BCUT2D eigenvalue weighted by molar-refractivity contribution is 6.09. The Kier molecular flexibility index (Phi) is 4.25. The Labute approximate surface area is 117 Å². The first-order valence-electron chi connectivity index (χ1n) is 6.10. The number of hydrogen-bond acceptors (Lipinski definition) is 3. The van der Waals surface area contributed by atoms with Crippen molar-refractivity contribution in [3.05, 3.63) is 65.4 Å². The quantitative estimate of drug-likeness (QED) is 0.684. The van der Waals surface area contributed by atoms with Gasteiger partial charge in [-0.05, 0) is 36.3 Å². The molecule has 0 fully saturated rings. The lowest BCUT2D eigenvalue weighted by molar-refractivity contribution is -0.112. The molecule has 0 aliphatic heterocycles. The van der Waals surface area contributed by atoms with E-state index in [0.717, 1.165) is 11.1 Å². The summed E-state index contributed by atoms with van der Waals surface area (Å²) in [5.41, 5.74) is 1.83. The zero-order valence-corrected chi connectivity index (χ0v) is 11.0. The van der Waals surface area contributed by atoms with Crippen LogP contribution in [0.25, 0.3) is 6.08 Å². The van der Waals surface area contributed by atoms with E-state index in [1.165, 1.54) is 0 Å². The van der Waals surface area contributed by atoms with E-state index in [9.17, 15) is 4.79 Å². The predicted molar refractivity (Wildman–Crippen MR) is 77.6 cm³/mol. The second kappa shape index (κ2) is 6.30. The minimum Gasteiger partial charge on any atom is -0.306 e. The van der Waals surface area contributed by atoms with E-state index in [-0.39, 0.29) is 5.57 Å². The molecule has 2 rings (SSSR count). The van der Waals surface area contributed by atoms with E-state index < -0.39 is 5.91 Å². The number of hydrogen-bond donors (Lipinski definition) is 1. The summed E-state index contributed by atoms with van der Waals surface area (Å²) in [5.74, 6) is -0.0290. The first-order valence-corrected chi connectivity index (χ1v) is 6.10. The number of aromatic nitrogens is 1. The molecule has 98 valence electrons. The van der Waals surface area contributed by atoms with Gasteiger partial charge in [-0.2, -0.15) is 5.26 Å². The summed E-state index contributed by atoms with van der Waals surface area (Å²) in [5, 5.41) is 11.7. The highest BCUT2D eigenvalue weighted by atomic mass is 16.1. The number of amides is 1. The highest BCUT2D eigenvalue weighted by Gasteiger charge is 2.09. The Bertz CT molecular complexity index is 684. The zero-order valence-electron chi connectivity index (χ0n) is 11.0. The number of benzene rings is 1. The van der Waals surface area contributed by atoms with E-state index in [0.29, 0.717) is 5.82 Å². The van der Waals surface area contributed by atoms with Crippen molar-refractivity contribution >= 4 is 17.8 Å². The lowest BCUT2D eigenvalue weighted by atomic mass is 10.1. The molecule has 4 nitrogen and oxygen atoms in total. The fourth-order valence-electron chi connectivity index (χ4n) is 1.65. The van der Waals surface area contributed by atoms with E-state index in [1.807, 2.05) is 49.4 Å². The number of nitrogens with one attached hydrogen (secondary N) is 1. The number of nitrogens with zero attached hydrogens (tertiary/aromatic N) is 2. The lowest BCUT2D eigenvalue weighted by Crippen LogP contribution is -2.14. The molecule has 0 spiro atoms. The normalized spacial score (nSPS) is 10.7. The molecule has 0 bridgehead atoms. The van der Waals surface area contributed by atoms with Crippen LogP contribution < -0.4 is 5.32 Å². The average molecular weight is 263 g/mol. The van der Waals surface area contributed by atoms with Gasteiger partial charge in [0.2, 0.25) is 0 Å². The fourth-order valence-corrected chi connectivity index (χ4v) is 1.65. The molecule has 4 heteroatoms. The summed E-state index contributed by atoms with van der Waals surface area (Å²) in [4.78, 5) is 16.1. The SMILES string of the molecule is Cc1ccnc(NC(=O)/C(C#N)=C/c2ccccc2)c1. The third kappa shape index (κ3) is 3.53. The van der Waals surface area contributed by atoms with Crippen molar-refractivity contribution < 1.29 is 4.79 Å². The number of nitriles is 1. The zero-order chi connectivity index (χ0) is 14.4. The molecule has 1 amide bonds. The van der Waals surface area contributed by atoms with Gasteiger partial charge in [0.15, 0.2) is 0 Å². The van der Waals surface area contributed by atoms with E-state index >= 15 is 0 Å². The summed E-state index contributed by atoms with van der Waals surface area (Å²) in [7, 11) is 0. The Hall–Kier alpha value is -2.93. The average Bonchev–Trinajstić information content (AvgIpc) is 2.45. The standard InChI is InChI=1S/C16H13N3O/c1-12-7-8-18-15(9-12)19-16(20)14(11-17)10-13-5-3-2-4-6-13/h2-10H,1H3,(H,18,19,20)/b14-10+. The molecule has 0 saturated carbocycles. The van der Waals surface area contributed by atoms with Crippen LogP contribution in [0, 0.1) is 18.3 Å². The smallest absolute Gasteiger partial charge is 0.267 e. The third-order valence-corrected chi connectivity index (χ3v) is 2.63. The molecule has 0 aliphatic carbocycles. The summed E-state index contributed by atoms with van der Waals surface area (Å²) in [6, 6.07) is 14.7. The minimum atomic E-state index is -0.463. The van der Waals surface area contributed by atoms with Crippen LogP contribution in [0.1, 0.15) is 11.1 Å². The molecule has 0 aliphatic rings. The molecule has 0 saturated heterocycles. The molecule has 0 atom stereocenters. The summed E-state index contributed by atoms with van der Waals surface area (Å²) in [6.45, 7) is 1.91. The number of rotatable bonds is 3. The summed E-state index contributed by atoms with van der Waals surface area (Å²) in [6.07, 6.45) is 3.16. The maximum absolute atomic E-state index is 12.0. The highest BCUT2D eigenvalue weighted by Crippen LogP contribution is 2.10. The number of carbonyl (C=O) groups excluding carboxylic acids is 1. The number of pyridine rings is 1. The number of carbonyl (C=O) groups is 1. The Morgan fingerprint density at radius 3 is 2.70 bits per heavy atom. The largest absolute Gasteiger partial charge is 0.306 e. The van der Waals surface area contributed by atoms with Gasteiger partial charge >= 0.3 is 0 Å². The minimum absolute atomic E-state index is 0.0412. The fraction of sp³-hybridized carbons (Fsp3) is 0.0625. The number of anilines is 1. The molecular weight excluding hydrogens is 250 g/mol. The van der Waals surface area contributed by atoms with E-state index in [1.54, 1.807) is 18.3 Å². The second-order valence-corrected chi connectivity index (χ2v) is 4.25. The molecule has 0 unspecified atom stereocenters. The van der Waals surface area contributed by atoms with Crippen molar-refractivity contribution in [2.24, 2.45) is 0 Å². The Morgan fingerprint density at radius 2 is 2.05 bits per heavy atom. The van der Waals surface area contributed by atoms with Gasteiger partial charge in [0.25, 0.3) is 5.91 Å². The van der Waals surface area contributed by atoms with Crippen LogP contribution in [0.3, 0.4) is 0 Å². The van der Waals surface area contributed by atoms with Crippen molar-refractivity contribution in [3.8, 4) is 6.07 Å². The summed E-state index contributed by atoms with van der Waals surface area (Å²) < 4.78 is 0. The van der Waals surface area contributed by atoms with Crippen LogP contribution in [0.5, 0.6) is 0 Å². The van der Waals surface area contributed by atoms with Crippen LogP contribution in [0.4, 0.5) is 5.82 Å². The van der Waals surface area contributed by atoms with Gasteiger partial charge in [0.05, 0.1) is 0 Å². The number of aryl methyl sites for hydroxylation is 1. The first kappa shape index (κ1) is 13.5. The predicted octanol–water partition coefficient (Wildman–Crippen LogP) is 2.94. The van der Waals surface area contributed by atoms with Crippen molar-refractivity contribution in [3.63, 3.8) is 0 Å². The van der Waals surface area contributed by atoms with Crippen molar-refractivity contribution in [2.45, 2.75) is 6.92 Å². The van der Waals surface area contributed by atoms with Gasteiger partial charge in [-0.15, -0.1) is 0 Å². The van der Waals surface area contributed by atoms with Crippen LogP contribution in [0.15, 0.2) is 54.2 Å². The lowest BCUT2D eigenvalue weighted by Gasteiger charge is -2.04. The molecule has 0 radical (unpaired) electrons. The van der Waals surface area contributed by atoms with Crippen LogP contribution in [0.2, 0.25) is 0 Å². The second-order valence-electron chi connectivity index (χ2n) is 4.25. The molecule has 2 aromatic rings. The van der Waals surface area contributed by atoms with Gasteiger partial charge in [0, 0.05) is 6.20 Å². The maximum atomic E-state index is 12.0. The van der Waals surface area contributed by atoms with Crippen molar-refractivity contribution in [1.82, 2.24) is 4.98 Å². The van der Waals surface area contributed by atoms with Gasteiger partial charge in [0.1, 0.15) is 17.5 Å². The van der Waals surface area contributed by atoms with Crippen molar-refractivity contribution in [1.29, 1.82) is 5.26 Å². The summed E-state index contributed by atoms with van der Waals surface area (Å²) >= 11 is 0. The molecule has 1 aromatic carbocycles. The van der Waals surface area contributed by atoms with Gasteiger partial charge < -0.3 is 5.32 Å². The van der Waals surface area contributed by atoms with E-state index in [2.05, 4.69) is 10.3 Å². The van der Waals surface area contributed by atoms with Gasteiger partial charge in [-0.3, -0.25) is 4.79 Å². The van der Waals surface area contributed by atoms with Gasteiger partial charge in [-0.1, -0.05) is 30.3 Å². The maximum Gasteiger partial charge on any atom is 0.267 e. The van der Waals surface area contributed by atoms with Crippen LogP contribution in [-0.4, -0.2) is 10.9 Å². The van der Waals surface area contributed by atoms with Gasteiger partial charge in [-0.25, -0.2) is 4.98 Å². The van der Waals surface area contributed by atoms with Crippen molar-refractivity contribution in [2.75, 3.05) is 5.32 Å². The van der Waals surface area contributed by atoms with Crippen LogP contribution in [-0.2, 0) is 4.79 Å². The molecule has 20 heavy (non-hydrogen) atoms. The molecule has 1 N–H and O–H groups in total. The third-order valence-electron chi connectivity index (χ3n) is 2.63. The molecular formula is C16H13N3O. The Morgan fingerprint density at radius 1 is 1.30 bits per heavy atom. The topological polar surface area (TPSA) is 65.8 Å². The van der Waals surface area contributed by atoms with Crippen LogP contribution >= 0.6 is 0 Å². The molecule has 1 heterocycles. The first-order chi connectivity index (χ1) is 9.69. The Balaban J connectivity index is 2.19. The van der Waals surface area contributed by atoms with E-state index in [4.69, 9.17) is 5.26 Å². The monoisotopic (exact) mass is 263 g/mol.